The van der Waals surface area contributed by atoms with Crippen LogP contribution in [0.25, 0.3) is 17.2 Å². The molecule has 1 N–H and O–H groups in total. The summed E-state index contributed by atoms with van der Waals surface area (Å²) in [6.07, 6.45) is 12.7. The van der Waals surface area contributed by atoms with E-state index < -0.39 is 5.97 Å². The van der Waals surface area contributed by atoms with Crippen LogP contribution in [0, 0.1) is 5.92 Å². The molecule has 0 spiro atoms. The predicted molar refractivity (Wildman–Crippen MR) is 128 cm³/mol. The molecule has 1 aromatic heterocycles. The molecule has 5 heteroatoms. The Bertz CT molecular complexity index is 1080. The zero-order chi connectivity index (χ0) is 22.3. The van der Waals surface area contributed by atoms with Gasteiger partial charge in [-0.05, 0) is 41.2 Å². The number of rotatable bonds is 8. The van der Waals surface area contributed by atoms with Crippen LogP contribution >= 0.6 is 0 Å². The predicted octanol–water partition coefficient (Wildman–Crippen LogP) is 6.24. The molecule has 166 valence electrons. The van der Waals surface area contributed by atoms with Crippen molar-refractivity contribution in [3.8, 4) is 11.1 Å². The van der Waals surface area contributed by atoms with E-state index in [1.54, 1.807) is 12.1 Å². The smallest absolute Gasteiger partial charge is 0.336 e. The zero-order valence-corrected chi connectivity index (χ0v) is 18.7. The second-order valence-electron chi connectivity index (χ2n) is 8.61. The molecule has 0 radical (unpaired) electrons. The monoisotopic (exact) mass is 429 g/mol. The molecule has 3 aromatic rings. The standard InChI is InChI=1S/C27H31N3O2/c1-2-3-13-26-28-25(18-20-9-5-4-6-10-20)29-30(26)19-21-14-16-22(17-15-21)23-11-7-8-12-24(23)27(31)32/h3,7-8,11-17,20H,2,4-6,9-10,18-19H2,1H3,(H,31,32). The Morgan fingerprint density at radius 2 is 1.84 bits per heavy atom. The molecular formula is C27H31N3O2. The van der Waals surface area contributed by atoms with E-state index in [2.05, 4.69) is 19.1 Å². The lowest BCUT2D eigenvalue weighted by Crippen LogP contribution is -2.10. The quantitative estimate of drug-likeness (QED) is 0.460. The summed E-state index contributed by atoms with van der Waals surface area (Å²) in [6.45, 7) is 2.76. The summed E-state index contributed by atoms with van der Waals surface area (Å²) in [5.41, 5.74) is 3.06. The highest BCUT2D eigenvalue weighted by Crippen LogP contribution is 2.27. The maximum Gasteiger partial charge on any atom is 0.336 e. The van der Waals surface area contributed by atoms with Crippen molar-refractivity contribution in [2.75, 3.05) is 0 Å². The summed E-state index contributed by atoms with van der Waals surface area (Å²) >= 11 is 0. The van der Waals surface area contributed by atoms with Crippen LogP contribution in [-0.4, -0.2) is 25.8 Å². The van der Waals surface area contributed by atoms with Crippen LogP contribution in [0.1, 0.15) is 73.0 Å². The van der Waals surface area contributed by atoms with Gasteiger partial charge in [0, 0.05) is 6.42 Å². The molecular weight excluding hydrogens is 398 g/mol. The van der Waals surface area contributed by atoms with Gasteiger partial charge in [0.25, 0.3) is 0 Å². The number of aromatic carboxylic acids is 1. The molecule has 0 unspecified atom stereocenters. The summed E-state index contributed by atoms with van der Waals surface area (Å²) in [5, 5.41) is 14.3. The molecule has 0 atom stereocenters. The Balaban J connectivity index is 1.54. The van der Waals surface area contributed by atoms with Crippen molar-refractivity contribution >= 4 is 12.0 Å². The first-order valence-corrected chi connectivity index (χ1v) is 11.7. The number of carbonyl (C=O) groups is 1. The fourth-order valence-corrected chi connectivity index (χ4v) is 4.49. The lowest BCUT2D eigenvalue weighted by molar-refractivity contribution is 0.0697. The first-order valence-electron chi connectivity index (χ1n) is 11.7. The molecule has 1 aliphatic carbocycles. The van der Waals surface area contributed by atoms with Gasteiger partial charge in [-0.25, -0.2) is 14.5 Å². The minimum absolute atomic E-state index is 0.316. The second-order valence-corrected chi connectivity index (χ2v) is 8.61. The molecule has 0 bridgehead atoms. The van der Waals surface area contributed by atoms with Crippen molar-refractivity contribution in [1.29, 1.82) is 0 Å². The van der Waals surface area contributed by atoms with Crippen LogP contribution in [0.4, 0.5) is 0 Å². The van der Waals surface area contributed by atoms with E-state index in [1.807, 2.05) is 41.1 Å². The Labute approximate surface area is 189 Å². The average molecular weight is 430 g/mol. The molecule has 0 saturated heterocycles. The number of allylic oxidation sites excluding steroid dienone is 1. The highest BCUT2D eigenvalue weighted by atomic mass is 16.4. The maximum absolute atomic E-state index is 11.5. The van der Waals surface area contributed by atoms with Crippen molar-refractivity contribution in [2.45, 2.75) is 58.4 Å². The summed E-state index contributed by atoms with van der Waals surface area (Å²) in [4.78, 5) is 16.4. The van der Waals surface area contributed by atoms with E-state index >= 15 is 0 Å². The highest BCUT2D eigenvalue weighted by Gasteiger charge is 2.18. The van der Waals surface area contributed by atoms with Crippen LogP contribution in [0.5, 0.6) is 0 Å². The van der Waals surface area contributed by atoms with Crippen LogP contribution < -0.4 is 0 Å². The minimum atomic E-state index is -0.912. The molecule has 2 aromatic carbocycles. The van der Waals surface area contributed by atoms with E-state index in [0.29, 0.717) is 18.0 Å². The summed E-state index contributed by atoms with van der Waals surface area (Å²) in [6, 6.07) is 15.2. The normalized spacial score (nSPS) is 14.8. The van der Waals surface area contributed by atoms with Crippen molar-refractivity contribution in [3.05, 3.63) is 77.4 Å². The van der Waals surface area contributed by atoms with Gasteiger partial charge >= 0.3 is 5.97 Å². The highest BCUT2D eigenvalue weighted by molar-refractivity contribution is 5.95. The largest absolute Gasteiger partial charge is 0.478 e. The molecule has 4 rings (SSSR count). The van der Waals surface area contributed by atoms with Gasteiger partial charge in [0.05, 0.1) is 12.1 Å². The van der Waals surface area contributed by atoms with Gasteiger partial charge < -0.3 is 5.11 Å². The molecule has 32 heavy (non-hydrogen) atoms. The fourth-order valence-electron chi connectivity index (χ4n) is 4.49. The molecule has 1 saturated carbocycles. The van der Waals surface area contributed by atoms with Gasteiger partial charge in [0.2, 0.25) is 0 Å². The third-order valence-electron chi connectivity index (χ3n) is 6.20. The number of hydrogen-bond donors (Lipinski definition) is 1. The number of carboxylic acid groups (broad SMARTS) is 1. The van der Waals surface area contributed by atoms with Gasteiger partial charge in [-0.3, -0.25) is 0 Å². The third-order valence-corrected chi connectivity index (χ3v) is 6.20. The van der Waals surface area contributed by atoms with Crippen molar-refractivity contribution in [1.82, 2.24) is 14.8 Å². The first-order chi connectivity index (χ1) is 15.6. The summed E-state index contributed by atoms with van der Waals surface area (Å²) in [7, 11) is 0. The molecule has 1 aliphatic rings. The van der Waals surface area contributed by atoms with E-state index in [-0.39, 0.29) is 0 Å². The minimum Gasteiger partial charge on any atom is -0.478 e. The number of carboxylic acids is 1. The van der Waals surface area contributed by atoms with E-state index in [9.17, 15) is 9.90 Å². The van der Waals surface area contributed by atoms with Crippen LogP contribution in [-0.2, 0) is 13.0 Å². The van der Waals surface area contributed by atoms with Gasteiger partial charge in [0.15, 0.2) is 11.6 Å². The lowest BCUT2D eigenvalue weighted by Gasteiger charge is -2.19. The SMILES string of the molecule is CCC=Cc1nc(CC2CCCCC2)nn1Cc1ccc(-c2ccccc2C(=O)O)cc1. The van der Waals surface area contributed by atoms with Crippen LogP contribution in [0.3, 0.4) is 0 Å². The second kappa shape index (κ2) is 10.4. The zero-order valence-electron chi connectivity index (χ0n) is 18.7. The first kappa shape index (κ1) is 22.0. The van der Waals surface area contributed by atoms with Gasteiger partial charge in [-0.15, -0.1) is 0 Å². The van der Waals surface area contributed by atoms with E-state index in [1.165, 1.54) is 32.1 Å². The van der Waals surface area contributed by atoms with Crippen LogP contribution in [0.15, 0.2) is 54.6 Å². The maximum atomic E-state index is 11.5. The lowest BCUT2D eigenvalue weighted by atomic mass is 9.87. The Hall–Kier alpha value is -3.21. The fraction of sp³-hybridized carbons (Fsp3) is 0.370. The third kappa shape index (κ3) is 5.34. The van der Waals surface area contributed by atoms with Crippen molar-refractivity contribution in [2.24, 2.45) is 5.92 Å². The van der Waals surface area contributed by atoms with Crippen LogP contribution in [0.2, 0.25) is 0 Å². The summed E-state index contributed by atoms with van der Waals surface area (Å²) < 4.78 is 1.99. The Morgan fingerprint density at radius 3 is 2.56 bits per heavy atom. The number of hydrogen-bond acceptors (Lipinski definition) is 3. The number of aromatic nitrogens is 3. The van der Waals surface area contributed by atoms with Gasteiger partial charge in [-0.2, -0.15) is 5.10 Å². The number of nitrogens with zero attached hydrogens (tertiary/aromatic N) is 3. The molecule has 1 heterocycles. The van der Waals surface area contributed by atoms with Crippen molar-refractivity contribution < 1.29 is 9.90 Å². The van der Waals surface area contributed by atoms with Crippen molar-refractivity contribution in [3.63, 3.8) is 0 Å². The Morgan fingerprint density at radius 1 is 1.09 bits per heavy atom. The van der Waals surface area contributed by atoms with Gasteiger partial charge in [0.1, 0.15) is 0 Å². The molecule has 0 aliphatic heterocycles. The van der Waals surface area contributed by atoms with E-state index in [4.69, 9.17) is 10.1 Å². The van der Waals surface area contributed by atoms with E-state index in [0.717, 1.165) is 41.2 Å². The Kier molecular flexibility index (Phi) is 7.15. The average Bonchev–Trinajstić information content (AvgIpc) is 3.19. The summed E-state index contributed by atoms with van der Waals surface area (Å²) in [5.74, 6) is 1.64. The molecule has 1 fully saturated rings. The number of benzene rings is 2. The topological polar surface area (TPSA) is 68.0 Å². The van der Waals surface area contributed by atoms with Gasteiger partial charge in [-0.1, -0.05) is 87.6 Å². The molecule has 0 amide bonds. The molecule has 5 nitrogen and oxygen atoms in total.